The monoisotopic (exact) mass is 272 g/mol. The van der Waals surface area contributed by atoms with Gasteiger partial charge in [-0.3, -0.25) is 0 Å². The Morgan fingerprint density at radius 1 is 1.26 bits per heavy atom. The Balaban J connectivity index is 1.77. The lowest BCUT2D eigenvalue weighted by molar-refractivity contribution is -0.224. The zero-order valence-electron chi connectivity index (χ0n) is 12.4. The van der Waals surface area contributed by atoms with Crippen LogP contribution in [0.25, 0.3) is 0 Å². The molecule has 1 spiro atoms. The van der Waals surface area contributed by atoms with Gasteiger partial charge >= 0.3 is 0 Å². The number of ether oxygens (including phenoxy) is 4. The summed E-state index contributed by atoms with van der Waals surface area (Å²) < 4.78 is 23.1. The number of rotatable bonds is 7. The van der Waals surface area contributed by atoms with Crippen LogP contribution in [0.1, 0.15) is 45.4 Å². The van der Waals surface area contributed by atoms with Crippen LogP contribution in [-0.4, -0.2) is 45.4 Å². The van der Waals surface area contributed by atoms with Gasteiger partial charge in [0.2, 0.25) is 0 Å². The third kappa shape index (κ3) is 3.91. The van der Waals surface area contributed by atoms with Crippen LogP contribution >= 0.6 is 0 Å². The van der Waals surface area contributed by atoms with Crippen LogP contribution in [0.5, 0.6) is 0 Å². The van der Waals surface area contributed by atoms with Crippen LogP contribution in [-0.2, 0) is 18.9 Å². The Morgan fingerprint density at radius 2 is 2.05 bits per heavy atom. The van der Waals surface area contributed by atoms with E-state index < -0.39 is 0 Å². The van der Waals surface area contributed by atoms with Crippen molar-refractivity contribution >= 4 is 0 Å². The van der Waals surface area contributed by atoms with E-state index in [0.717, 1.165) is 45.5 Å². The largest absolute Gasteiger partial charge is 0.379 e. The molecule has 0 amide bonds. The predicted octanol–water partition coefficient (Wildman–Crippen LogP) is 2.75. The molecule has 19 heavy (non-hydrogen) atoms. The Bertz CT molecular complexity index is 251. The molecule has 0 N–H and O–H groups in total. The highest BCUT2D eigenvalue weighted by molar-refractivity contribution is 4.86. The van der Waals surface area contributed by atoms with Crippen molar-refractivity contribution < 1.29 is 18.9 Å². The minimum Gasteiger partial charge on any atom is -0.379 e. The zero-order valence-corrected chi connectivity index (χ0v) is 12.4. The van der Waals surface area contributed by atoms with E-state index in [2.05, 4.69) is 6.92 Å². The fourth-order valence-electron chi connectivity index (χ4n) is 3.18. The highest BCUT2D eigenvalue weighted by atomic mass is 16.7. The van der Waals surface area contributed by atoms with E-state index in [0.29, 0.717) is 12.5 Å². The maximum Gasteiger partial charge on any atom is 0.173 e. The van der Waals surface area contributed by atoms with Crippen LogP contribution in [0.15, 0.2) is 0 Å². The first-order valence-electron chi connectivity index (χ1n) is 7.69. The van der Waals surface area contributed by atoms with Crippen molar-refractivity contribution in [3.05, 3.63) is 0 Å². The topological polar surface area (TPSA) is 36.9 Å². The van der Waals surface area contributed by atoms with Gasteiger partial charge in [0.15, 0.2) is 5.79 Å². The van der Waals surface area contributed by atoms with Gasteiger partial charge in [-0.15, -0.1) is 0 Å². The fourth-order valence-corrected chi connectivity index (χ4v) is 3.18. The molecule has 1 unspecified atom stereocenters. The maximum absolute atomic E-state index is 5.89. The highest BCUT2D eigenvalue weighted by Gasteiger charge is 2.45. The van der Waals surface area contributed by atoms with Crippen LogP contribution in [0.2, 0.25) is 0 Å². The summed E-state index contributed by atoms with van der Waals surface area (Å²) in [6.07, 6.45) is 7.02. The highest BCUT2D eigenvalue weighted by Crippen LogP contribution is 2.40. The van der Waals surface area contributed by atoms with Gasteiger partial charge in [-0.05, 0) is 19.3 Å². The molecular weight excluding hydrogens is 244 g/mol. The Hall–Kier alpha value is -0.160. The summed E-state index contributed by atoms with van der Waals surface area (Å²) in [5, 5.41) is 0. The van der Waals surface area contributed by atoms with Gasteiger partial charge in [0.1, 0.15) is 0 Å². The van der Waals surface area contributed by atoms with Gasteiger partial charge in [0, 0.05) is 19.4 Å². The fraction of sp³-hybridized carbons (Fsp3) is 1.00. The summed E-state index contributed by atoms with van der Waals surface area (Å²) in [6.45, 7) is 5.03. The SMILES string of the molecule is CCCC(COC[C@H]1CCCCC12OCCO2)OC. The van der Waals surface area contributed by atoms with Gasteiger partial charge in [-0.25, -0.2) is 0 Å². The third-order valence-corrected chi connectivity index (χ3v) is 4.29. The first-order chi connectivity index (χ1) is 9.30. The molecule has 112 valence electrons. The second kappa shape index (κ2) is 7.58. The van der Waals surface area contributed by atoms with Crippen molar-refractivity contribution in [1.82, 2.24) is 0 Å². The van der Waals surface area contributed by atoms with Gasteiger partial charge in [0.05, 0.1) is 32.5 Å². The molecule has 2 rings (SSSR count). The molecule has 1 saturated carbocycles. The van der Waals surface area contributed by atoms with E-state index >= 15 is 0 Å². The lowest BCUT2D eigenvalue weighted by Crippen LogP contribution is -2.44. The van der Waals surface area contributed by atoms with Gasteiger partial charge in [0.25, 0.3) is 0 Å². The van der Waals surface area contributed by atoms with E-state index in [1.165, 1.54) is 12.8 Å². The average Bonchev–Trinajstić information content (AvgIpc) is 2.89. The normalized spacial score (nSPS) is 27.8. The molecule has 2 atom stereocenters. The van der Waals surface area contributed by atoms with Crippen LogP contribution in [0, 0.1) is 5.92 Å². The molecule has 1 aliphatic carbocycles. The number of hydrogen-bond donors (Lipinski definition) is 0. The van der Waals surface area contributed by atoms with E-state index in [-0.39, 0.29) is 11.9 Å². The molecule has 2 aliphatic rings. The Morgan fingerprint density at radius 3 is 2.74 bits per heavy atom. The van der Waals surface area contributed by atoms with Gasteiger partial charge in [-0.2, -0.15) is 0 Å². The second-order valence-corrected chi connectivity index (χ2v) is 5.64. The predicted molar refractivity (Wildman–Crippen MR) is 73.1 cm³/mol. The molecule has 0 aromatic rings. The Labute approximate surface area is 116 Å². The summed E-state index contributed by atoms with van der Waals surface area (Å²) in [5.41, 5.74) is 0. The summed E-state index contributed by atoms with van der Waals surface area (Å²) in [4.78, 5) is 0. The summed E-state index contributed by atoms with van der Waals surface area (Å²) >= 11 is 0. The van der Waals surface area contributed by atoms with Gasteiger partial charge < -0.3 is 18.9 Å². The smallest absolute Gasteiger partial charge is 0.173 e. The summed E-state index contributed by atoms with van der Waals surface area (Å²) in [7, 11) is 1.76. The lowest BCUT2D eigenvalue weighted by atomic mass is 9.83. The molecule has 1 heterocycles. The summed E-state index contributed by atoms with van der Waals surface area (Å²) in [6, 6.07) is 0. The van der Waals surface area contributed by atoms with Crippen LogP contribution < -0.4 is 0 Å². The maximum atomic E-state index is 5.89. The van der Waals surface area contributed by atoms with E-state index in [9.17, 15) is 0 Å². The van der Waals surface area contributed by atoms with E-state index in [1.54, 1.807) is 7.11 Å². The molecule has 1 aliphatic heterocycles. The summed E-state index contributed by atoms with van der Waals surface area (Å²) in [5.74, 6) is 0.0360. The van der Waals surface area contributed by atoms with Crippen LogP contribution in [0.3, 0.4) is 0 Å². The minimum absolute atomic E-state index is 0.218. The van der Waals surface area contributed by atoms with Crippen molar-refractivity contribution in [2.75, 3.05) is 33.5 Å². The standard InChI is InChI=1S/C15H28O4/c1-3-6-14(16-2)12-17-11-13-7-4-5-8-15(13)18-9-10-19-15/h13-14H,3-12H2,1-2H3/t13-,14?/m1/s1. The molecule has 1 saturated heterocycles. The van der Waals surface area contributed by atoms with Crippen molar-refractivity contribution in [2.45, 2.75) is 57.3 Å². The molecular formula is C15H28O4. The Kier molecular flexibility index (Phi) is 6.07. The average molecular weight is 272 g/mol. The molecule has 4 heteroatoms. The van der Waals surface area contributed by atoms with Crippen molar-refractivity contribution in [2.24, 2.45) is 5.92 Å². The van der Waals surface area contributed by atoms with Gasteiger partial charge in [-0.1, -0.05) is 19.8 Å². The van der Waals surface area contributed by atoms with E-state index in [1.807, 2.05) is 0 Å². The number of methoxy groups -OCH3 is 1. The van der Waals surface area contributed by atoms with Crippen molar-refractivity contribution in [1.29, 1.82) is 0 Å². The minimum atomic E-state index is -0.342. The van der Waals surface area contributed by atoms with E-state index in [4.69, 9.17) is 18.9 Å². The molecule has 0 radical (unpaired) electrons. The third-order valence-electron chi connectivity index (χ3n) is 4.29. The quantitative estimate of drug-likeness (QED) is 0.714. The van der Waals surface area contributed by atoms with Crippen molar-refractivity contribution in [3.8, 4) is 0 Å². The second-order valence-electron chi connectivity index (χ2n) is 5.64. The zero-order chi connectivity index (χ0) is 13.6. The van der Waals surface area contributed by atoms with Crippen LogP contribution in [0.4, 0.5) is 0 Å². The lowest BCUT2D eigenvalue weighted by Gasteiger charge is -2.39. The molecule has 0 bridgehead atoms. The van der Waals surface area contributed by atoms with Crippen molar-refractivity contribution in [3.63, 3.8) is 0 Å². The molecule has 0 aromatic carbocycles. The molecule has 0 aromatic heterocycles. The first-order valence-corrected chi connectivity index (χ1v) is 7.69. The molecule has 4 nitrogen and oxygen atoms in total. The molecule has 2 fully saturated rings. The number of hydrogen-bond acceptors (Lipinski definition) is 4. The first kappa shape index (κ1) is 15.2.